The average Bonchev–Trinajstić information content (AvgIpc) is 2.79. The second-order valence-electron chi connectivity index (χ2n) is 8.13. The Morgan fingerprint density at radius 2 is 1.47 bits per heavy atom. The maximum Gasteiger partial charge on any atom is 0.326 e. The van der Waals surface area contributed by atoms with Gasteiger partial charge in [-0.15, -0.1) is 0 Å². The molecule has 8 N–H and O–H groups in total. The number of benzene rings is 1. The van der Waals surface area contributed by atoms with Gasteiger partial charge in [0.15, 0.2) is 0 Å². The van der Waals surface area contributed by atoms with Crippen molar-refractivity contribution in [2.75, 3.05) is 18.6 Å². The first-order chi connectivity index (χ1) is 16.0. The summed E-state index contributed by atoms with van der Waals surface area (Å²) in [7, 11) is 0. The highest BCUT2D eigenvalue weighted by Gasteiger charge is 2.30. The van der Waals surface area contributed by atoms with Gasteiger partial charge < -0.3 is 37.0 Å². The molecule has 1 aromatic carbocycles. The average molecular weight is 499 g/mol. The van der Waals surface area contributed by atoms with Crippen LogP contribution in [0.1, 0.15) is 25.8 Å². The number of aromatic hydroxyl groups is 1. The largest absolute Gasteiger partial charge is 0.508 e. The van der Waals surface area contributed by atoms with Gasteiger partial charge in [-0.25, -0.2) is 4.79 Å². The predicted molar refractivity (Wildman–Crippen MR) is 128 cm³/mol. The number of aliphatic carboxylic acids is 1. The maximum atomic E-state index is 13.0. The quantitative estimate of drug-likeness (QED) is 0.172. The van der Waals surface area contributed by atoms with E-state index in [4.69, 9.17) is 5.73 Å². The first-order valence-electron chi connectivity index (χ1n) is 10.8. The highest BCUT2D eigenvalue weighted by atomic mass is 32.2. The lowest BCUT2D eigenvalue weighted by Gasteiger charge is -2.25. The summed E-state index contributed by atoms with van der Waals surface area (Å²) in [4.78, 5) is 49.4. The number of nitrogens with one attached hydrogen (secondary N) is 3. The highest BCUT2D eigenvalue weighted by Crippen LogP contribution is 2.12. The van der Waals surface area contributed by atoms with Crippen LogP contribution >= 0.6 is 11.8 Å². The van der Waals surface area contributed by atoms with Crippen LogP contribution in [0.25, 0.3) is 0 Å². The van der Waals surface area contributed by atoms with Gasteiger partial charge in [-0.1, -0.05) is 26.0 Å². The van der Waals surface area contributed by atoms with Gasteiger partial charge in [0.25, 0.3) is 0 Å². The van der Waals surface area contributed by atoms with E-state index in [1.54, 1.807) is 32.2 Å². The fraction of sp³-hybridized carbons (Fsp3) is 0.545. The number of rotatable bonds is 14. The summed E-state index contributed by atoms with van der Waals surface area (Å²) in [5.74, 6) is -3.10. The molecule has 4 unspecified atom stereocenters. The molecule has 12 heteroatoms. The Hall–Kier alpha value is -2.83. The number of aliphatic hydroxyl groups is 1. The van der Waals surface area contributed by atoms with Gasteiger partial charge in [-0.3, -0.25) is 14.4 Å². The van der Waals surface area contributed by atoms with Crippen molar-refractivity contribution in [2.24, 2.45) is 11.7 Å². The van der Waals surface area contributed by atoms with Gasteiger partial charge >= 0.3 is 5.97 Å². The monoisotopic (exact) mass is 498 g/mol. The molecule has 0 spiro atoms. The molecule has 34 heavy (non-hydrogen) atoms. The number of carboxylic acids is 1. The molecule has 0 aliphatic carbocycles. The van der Waals surface area contributed by atoms with Crippen molar-refractivity contribution in [3.63, 3.8) is 0 Å². The zero-order valence-corrected chi connectivity index (χ0v) is 20.3. The van der Waals surface area contributed by atoms with E-state index < -0.39 is 54.5 Å². The third-order valence-electron chi connectivity index (χ3n) is 5.07. The molecule has 0 radical (unpaired) electrons. The van der Waals surface area contributed by atoms with Crippen molar-refractivity contribution < 1.29 is 34.5 Å². The molecular formula is C22H34N4O7S. The fourth-order valence-electron chi connectivity index (χ4n) is 2.88. The Bertz CT molecular complexity index is 835. The number of amides is 3. The van der Waals surface area contributed by atoms with Crippen molar-refractivity contribution in [1.29, 1.82) is 0 Å². The van der Waals surface area contributed by atoms with Crippen LogP contribution in [-0.4, -0.2) is 81.8 Å². The molecule has 11 nitrogen and oxygen atoms in total. The number of phenolic OH excluding ortho intramolecular Hbond substituents is 1. The molecule has 190 valence electrons. The first kappa shape index (κ1) is 29.2. The summed E-state index contributed by atoms with van der Waals surface area (Å²) in [6, 6.07) is 1.37. The van der Waals surface area contributed by atoms with Crippen molar-refractivity contribution in [1.82, 2.24) is 16.0 Å². The Labute approximate surface area is 202 Å². The smallest absolute Gasteiger partial charge is 0.326 e. The van der Waals surface area contributed by atoms with Crippen molar-refractivity contribution in [2.45, 2.75) is 50.9 Å². The Balaban J connectivity index is 2.99. The van der Waals surface area contributed by atoms with E-state index in [1.165, 1.54) is 23.9 Å². The number of hydrogen-bond donors (Lipinski definition) is 7. The molecule has 3 amide bonds. The Morgan fingerprint density at radius 1 is 0.941 bits per heavy atom. The van der Waals surface area contributed by atoms with Crippen LogP contribution < -0.4 is 21.7 Å². The van der Waals surface area contributed by atoms with Gasteiger partial charge in [-0.05, 0) is 42.0 Å². The lowest BCUT2D eigenvalue weighted by atomic mass is 10.0. The summed E-state index contributed by atoms with van der Waals surface area (Å²) in [5, 5.41) is 35.7. The van der Waals surface area contributed by atoms with Crippen LogP contribution in [0.15, 0.2) is 24.3 Å². The molecule has 0 heterocycles. The summed E-state index contributed by atoms with van der Waals surface area (Å²) < 4.78 is 0. The van der Waals surface area contributed by atoms with E-state index in [-0.39, 0.29) is 24.5 Å². The van der Waals surface area contributed by atoms with Crippen LogP contribution in [0, 0.1) is 5.92 Å². The topological polar surface area (TPSA) is 191 Å². The lowest BCUT2D eigenvalue weighted by Crippen LogP contribution is -2.59. The van der Waals surface area contributed by atoms with Gasteiger partial charge in [0.05, 0.1) is 12.6 Å². The minimum absolute atomic E-state index is 0.0217. The number of thioether (sulfide) groups is 1. The van der Waals surface area contributed by atoms with E-state index >= 15 is 0 Å². The van der Waals surface area contributed by atoms with E-state index in [2.05, 4.69) is 16.0 Å². The summed E-state index contributed by atoms with van der Waals surface area (Å²) >= 11 is 1.41. The normalized spacial score (nSPS) is 14.5. The first-order valence-corrected chi connectivity index (χ1v) is 12.2. The molecule has 0 aliphatic heterocycles. The summed E-state index contributed by atoms with van der Waals surface area (Å²) in [6.45, 7) is 2.72. The van der Waals surface area contributed by atoms with Crippen LogP contribution in [0.3, 0.4) is 0 Å². The van der Waals surface area contributed by atoms with Gasteiger partial charge in [0.1, 0.15) is 23.9 Å². The maximum absolute atomic E-state index is 13.0. The standard InChI is InChI=1S/C22H34N4O7S/c1-12(2)18(23)21(31)25-16(10-13-4-6-14(28)7-5-13)19(29)26-17(11-27)20(30)24-15(22(32)33)8-9-34-3/h4-7,12,15-18,27-28H,8-11,23H2,1-3H3,(H,24,30)(H,25,31)(H,26,29)(H,32,33). The Morgan fingerprint density at radius 3 is 1.97 bits per heavy atom. The number of nitrogens with two attached hydrogens (primary N) is 1. The summed E-state index contributed by atoms with van der Waals surface area (Å²) in [6.07, 6.45) is 1.99. The number of phenols is 1. The second-order valence-corrected chi connectivity index (χ2v) is 9.11. The molecule has 4 atom stereocenters. The number of carbonyl (C=O) groups is 4. The van der Waals surface area contributed by atoms with Crippen molar-refractivity contribution in [3.05, 3.63) is 29.8 Å². The predicted octanol–water partition coefficient (Wildman–Crippen LogP) is -0.798. The third-order valence-corrected chi connectivity index (χ3v) is 5.71. The zero-order chi connectivity index (χ0) is 25.8. The molecule has 0 saturated heterocycles. The molecule has 1 aromatic rings. The Kier molecular flexibility index (Phi) is 12.4. The van der Waals surface area contributed by atoms with Crippen LogP contribution in [0.2, 0.25) is 0 Å². The second kappa shape index (κ2) is 14.4. The van der Waals surface area contributed by atoms with Gasteiger partial charge in [-0.2, -0.15) is 11.8 Å². The van der Waals surface area contributed by atoms with Gasteiger partial charge in [0.2, 0.25) is 17.7 Å². The van der Waals surface area contributed by atoms with Crippen molar-refractivity contribution >= 4 is 35.5 Å². The van der Waals surface area contributed by atoms with Crippen LogP contribution in [0.4, 0.5) is 0 Å². The minimum Gasteiger partial charge on any atom is -0.508 e. The van der Waals surface area contributed by atoms with Crippen molar-refractivity contribution in [3.8, 4) is 5.75 Å². The van der Waals surface area contributed by atoms with Crippen LogP contribution in [0.5, 0.6) is 5.75 Å². The number of hydrogen-bond acceptors (Lipinski definition) is 8. The van der Waals surface area contributed by atoms with E-state index in [1.807, 2.05) is 0 Å². The zero-order valence-electron chi connectivity index (χ0n) is 19.5. The molecule has 0 fully saturated rings. The molecule has 0 saturated carbocycles. The third kappa shape index (κ3) is 9.57. The minimum atomic E-state index is -1.43. The molecule has 0 aliphatic rings. The molecule has 0 aromatic heterocycles. The van der Waals surface area contributed by atoms with E-state index in [9.17, 15) is 34.5 Å². The molecule has 0 bridgehead atoms. The van der Waals surface area contributed by atoms with Crippen LogP contribution in [-0.2, 0) is 25.6 Å². The van der Waals surface area contributed by atoms with E-state index in [0.717, 1.165) is 0 Å². The fourth-order valence-corrected chi connectivity index (χ4v) is 3.35. The molecule has 1 rings (SSSR count). The summed E-state index contributed by atoms with van der Waals surface area (Å²) in [5.41, 5.74) is 6.50. The SMILES string of the molecule is CSCCC(NC(=O)C(CO)NC(=O)C(Cc1ccc(O)cc1)NC(=O)C(N)C(C)C)C(=O)O. The van der Waals surface area contributed by atoms with Gasteiger partial charge in [0, 0.05) is 6.42 Å². The number of carbonyl (C=O) groups excluding carboxylic acids is 3. The highest BCUT2D eigenvalue weighted by molar-refractivity contribution is 7.98. The number of carboxylic acid groups (broad SMARTS) is 1. The van der Waals surface area contributed by atoms with E-state index in [0.29, 0.717) is 11.3 Å². The molecular weight excluding hydrogens is 464 g/mol. The lowest BCUT2D eigenvalue weighted by molar-refractivity contribution is -0.142. The number of aliphatic hydroxyl groups excluding tert-OH is 1.